The Balaban J connectivity index is 1.46. The fourth-order valence-electron chi connectivity index (χ4n) is 5.23. The van der Waals surface area contributed by atoms with Crippen LogP contribution in [-0.2, 0) is 20.9 Å². The Morgan fingerprint density at radius 2 is 1.72 bits per heavy atom. The molecular formula is C27H25ClN4O4. The summed E-state index contributed by atoms with van der Waals surface area (Å²) in [5, 5.41) is 15.6. The smallest absolute Gasteiger partial charge is 0.259 e. The zero-order chi connectivity index (χ0) is 24.8. The van der Waals surface area contributed by atoms with Crippen molar-refractivity contribution in [1.29, 1.82) is 0 Å². The number of amides is 2. The maximum absolute atomic E-state index is 13.1. The van der Waals surface area contributed by atoms with Gasteiger partial charge in [0.1, 0.15) is 0 Å². The number of imide groups is 1. The van der Waals surface area contributed by atoms with Crippen LogP contribution in [0.4, 0.5) is 0 Å². The molecule has 36 heavy (non-hydrogen) atoms. The van der Waals surface area contributed by atoms with Gasteiger partial charge in [0, 0.05) is 71.0 Å². The number of aromatic amines is 1. The Hall–Kier alpha value is -3.43. The molecule has 2 amide bonds. The van der Waals surface area contributed by atoms with Gasteiger partial charge in [0.05, 0.1) is 36.0 Å². The Kier molecular flexibility index (Phi) is 5.89. The number of aromatic nitrogens is 2. The van der Waals surface area contributed by atoms with Gasteiger partial charge >= 0.3 is 0 Å². The van der Waals surface area contributed by atoms with Crippen LogP contribution in [0.5, 0.6) is 0 Å². The highest BCUT2D eigenvalue weighted by molar-refractivity contribution is 6.50. The van der Waals surface area contributed by atoms with Crippen LogP contribution >= 0.6 is 11.6 Å². The minimum atomic E-state index is -0.633. The maximum atomic E-state index is 13.1. The van der Waals surface area contributed by atoms with Crippen LogP contribution in [0.25, 0.3) is 33.0 Å². The predicted molar refractivity (Wildman–Crippen MR) is 138 cm³/mol. The summed E-state index contributed by atoms with van der Waals surface area (Å²) in [6.45, 7) is 3.72. The summed E-state index contributed by atoms with van der Waals surface area (Å²) in [5.74, 6) is -0.870. The van der Waals surface area contributed by atoms with E-state index in [2.05, 4.69) is 15.2 Å². The number of halogens is 1. The highest BCUT2D eigenvalue weighted by atomic mass is 35.5. The first-order chi connectivity index (χ1) is 17.5. The maximum Gasteiger partial charge on any atom is 0.259 e. The summed E-state index contributed by atoms with van der Waals surface area (Å²) in [5.41, 5.74) is 3.62. The van der Waals surface area contributed by atoms with E-state index in [1.807, 2.05) is 47.2 Å². The minimum Gasteiger partial charge on any atom is -0.390 e. The van der Waals surface area contributed by atoms with E-state index in [-0.39, 0.29) is 0 Å². The molecule has 2 aromatic heterocycles. The molecule has 0 saturated carbocycles. The number of rotatable bonds is 6. The van der Waals surface area contributed by atoms with Crippen molar-refractivity contribution in [3.05, 3.63) is 71.0 Å². The Morgan fingerprint density at radius 1 is 0.972 bits per heavy atom. The number of nitrogens with one attached hydrogen (secondary N) is 2. The predicted octanol–water partition coefficient (Wildman–Crippen LogP) is 3.04. The van der Waals surface area contributed by atoms with Crippen molar-refractivity contribution in [1.82, 2.24) is 19.8 Å². The number of aliphatic hydroxyl groups excluding tert-OH is 1. The summed E-state index contributed by atoms with van der Waals surface area (Å²) < 4.78 is 7.32. The van der Waals surface area contributed by atoms with Gasteiger partial charge in [-0.25, -0.2) is 0 Å². The molecule has 8 nitrogen and oxygen atoms in total. The van der Waals surface area contributed by atoms with E-state index in [0.717, 1.165) is 34.9 Å². The van der Waals surface area contributed by atoms with Gasteiger partial charge < -0.3 is 19.4 Å². The minimum absolute atomic E-state index is 0.318. The van der Waals surface area contributed by atoms with Gasteiger partial charge in [0.15, 0.2) is 0 Å². The van der Waals surface area contributed by atoms with E-state index in [4.69, 9.17) is 16.3 Å². The fraction of sp³-hybridized carbons (Fsp3) is 0.259. The van der Waals surface area contributed by atoms with Gasteiger partial charge in [-0.05, 0) is 18.2 Å². The van der Waals surface area contributed by atoms with Crippen molar-refractivity contribution in [3.8, 4) is 0 Å². The third-order valence-electron chi connectivity index (χ3n) is 6.88. The number of aliphatic hydroxyl groups is 1. The van der Waals surface area contributed by atoms with Crippen molar-refractivity contribution in [3.63, 3.8) is 0 Å². The lowest BCUT2D eigenvalue weighted by molar-refractivity contribution is -0.122. The lowest BCUT2D eigenvalue weighted by Crippen LogP contribution is -2.41. The Bertz CT molecular complexity index is 1530. The van der Waals surface area contributed by atoms with E-state index in [9.17, 15) is 14.7 Å². The number of para-hydroxylation sites is 1. The van der Waals surface area contributed by atoms with Crippen molar-refractivity contribution >= 4 is 56.4 Å². The van der Waals surface area contributed by atoms with Crippen LogP contribution in [0.1, 0.15) is 11.1 Å². The van der Waals surface area contributed by atoms with E-state index in [0.29, 0.717) is 53.6 Å². The highest BCUT2D eigenvalue weighted by Gasteiger charge is 2.35. The van der Waals surface area contributed by atoms with E-state index < -0.39 is 17.9 Å². The highest BCUT2D eigenvalue weighted by Crippen LogP contribution is 2.38. The molecule has 184 valence electrons. The third-order valence-corrected chi connectivity index (χ3v) is 7.12. The third kappa shape index (κ3) is 4.02. The van der Waals surface area contributed by atoms with Gasteiger partial charge in [-0.15, -0.1) is 0 Å². The zero-order valence-corrected chi connectivity index (χ0v) is 20.2. The molecule has 3 N–H and O–H groups in total. The normalized spacial score (nSPS) is 17.9. The van der Waals surface area contributed by atoms with Crippen LogP contribution in [0.2, 0.25) is 5.02 Å². The van der Waals surface area contributed by atoms with Crippen molar-refractivity contribution in [2.24, 2.45) is 0 Å². The SMILES string of the molecule is O=C1NC(=O)C(c2cn(CC(O)CN3CCOCC3)c3cc(Cl)ccc23)=C1c1c[nH]c2ccccc12. The summed E-state index contributed by atoms with van der Waals surface area (Å²) >= 11 is 6.33. The van der Waals surface area contributed by atoms with Crippen molar-refractivity contribution < 1.29 is 19.4 Å². The number of H-pyrrole nitrogens is 1. The standard InChI is InChI=1S/C27H25ClN4O4/c28-16-5-6-19-21(15-32(23(19)11-16)14-17(33)13-31-7-9-36-10-8-31)25-24(26(34)30-27(25)35)20-12-29-22-4-2-1-3-18(20)22/h1-6,11-12,15,17,29,33H,7-10,13-14H2,(H,30,34,35). The van der Waals surface area contributed by atoms with Gasteiger partial charge in [-0.2, -0.15) is 0 Å². The van der Waals surface area contributed by atoms with Crippen LogP contribution in [0.15, 0.2) is 54.9 Å². The molecule has 4 aromatic rings. The van der Waals surface area contributed by atoms with Gasteiger partial charge in [0.25, 0.3) is 11.8 Å². The summed E-state index contributed by atoms with van der Waals surface area (Å²) in [7, 11) is 0. The fourth-order valence-corrected chi connectivity index (χ4v) is 5.40. The first-order valence-electron chi connectivity index (χ1n) is 11.9. The molecule has 1 atom stereocenters. The lowest BCUT2D eigenvalue weighted by atomic mass is 9.95. The molecule has 2 aliphatic heterocycles. The lowest BCUT2D eigenvalue weighted by Gasteiger charge is -2.28. The van der Waals surface area contributed by atoms with E-state index in [1.54, 1.807) is 12.3 Å². The van der Waals surface area contributed by atoms with Gasteiger partial charge in [-0.3, -0.25) is 19.8 Å². The van der Waals surface area contributed by atoms with Crippen LogP contribution < -0.4 is 5.32 Å². The van der Waals surface area contributed by atoms with Gasteiger partial charge in [-0.1, -0.05) is 35.9 Å². The molecule has 6 rings (SSSR count). The number of fused-ring (bicyclic) bond motifs is 2. The largest absolute Gasteiger partial charge is 0.390 e. The van der Waals surface area contributed by atoms with Crippen LogP contribution in [0, 0.1) is 0 Å². The number of carbonyl (C=O) groups is 2. The Morgan fingerprint density at radius 3 is 2.53 bits per heavy atom. The van der Waals surface area contributed by atoms with E-state index in [1.165, 1.54) is 0 Å². The second kappa shape index (κ2) is 9.22. The van der Waals surface area contributed by atoms with Crippen LogP contribution in [-0.4, -0.2) is 70.3 Å². The van der Waals surface area contributed by atoms with Crippen molar-refractivity contribution in [2.45, 2.75) is 12.6 Å². The first-order valence-corrected chi connectivity index (χ1v) is 12.3. The summed E-state index contributed by atoms with van der Waals surface area (Å²) in [6.07, 6.45) is 2.97. The number of morpholine rings is 1. The summed E-state index contributed by atoms with van der Waals surface area (Å²) in [4.78, 5) is 31.5. The molecule has 0 spiro atoms. The summed E-state index contributed by atoms with van der Waals surface area (Å²) in [6, 6.07) is 13.1. The number of ether oxygens (including phenoxy) is 1. The van der Waals surface area contributed by atoms with Gasteiger partial charge in [0.2, 0.25) is 0 Å². The number of carbonyl (C=O) groups excluding carboxylic acids is 2. The average molecular weight is 505 g/mol. The number of benzene rings is 2. The molecule has 1 unspecified atom stereocenters. The monoisotopic (exact) mass is 504 g/mol. The van der Waals surface area contributed by atoms with Crippen molar-refractivity contribution in [2.75, 3.05) is 32.8 Å². The topological polar surface area (TPSA) is 99.6 Å². The molecular weight excluding hydrogens is 480 g/mol. The number of hydrogen-bond acceptors (Lipinski definition) is 5. The molecule has 1 fully saturated rings. The van der Waals surface area contributed by atoms with Crippen LogP contribution in [0.3, 0.4) is 0 Å². The molecule has 2 aliphatic rings. The quantitative estimate of drug-likeness (QED) is 0.350. The first kappa shape index (κ1) is 23.0. The molecule has 4 heterocycles. The zero-order valence-electron chi connectivity index (χ0n) is 19.5. The second-order valence-corrected chi connectivity index (χ2v) is 9.64. The second-order valence-electron chi connectivity index (χ2n) is 9.20. The number of hydrogen-bond donors (Lipinski definition) is 3. The molecule has 1 saturated heterocycles. The Labute approximate surface area is 212 Å². The number of β-amino-alcohol motifs (C(OH)–C–C–N with tert-alkyl or cyclic N) is 1. The average Bonchev–Trinajstić information content (AvgIpc) is 3.52. The number of nitrogens with zero attached hydrogens (tertiary/aromatic N) is 2. The molecule has 0 bridgehead atoms. The molecule has 2 aromatic carbocycles. The van der Waals surface area contributed by atoms with E-state index >= 15 is 0 Å². The molecule has 0 radical (unpaired) electrons. The molecule has 9 heteroatoms. The molecule has 0 aliphatic carbocycles.